The summed E-state index contributed by atoms with van der Waals surface area (Å²) in [4.78, 5) is 11.2. The molecule has 1 atom stereocenters. The first kappa shape index (κ1) is 15.9. The number of halogens is 5. The van der Waals surface area contributed by atoms with Gasteiger partial charge in [0.1, 0.15) is 0 Å². The smallest absolute Gasteiger partial charge is 0.432 e. The second-order valence-corrected chi connectivity index (χ2v) is 4.30. The highest BCUT2D eigenvalue weighted by atomic mass is 35.5. The minimum atomic E-state index is -5.36. The van der Waals surface area contributed by atoms with Crippen molar-refractivity contribution >= 4 is 29.2 Å². The molecule has 19 heavy (non-hydrogen) atoms. The molecule has 0 heterocycles. The molecule has 0 amide bonds. The zero-order chi connectivity index (χ0) is 15.0. The van der Waals surface area contributed by atoms with Gasteiger partial charge >= 0.3 is 12.1 Å². The highest BCUT2D eigenvalue weighted by Gasteiger charge is 2.62. The standard InChI is InChI=1S/C10H7Cl2F3O4/c1-19-8(17)9(18,10(13,14)15)4-2-5(11)7(16)6(12)3-4/h2-3,16,18H,1H3/t9-/m1/s1. The number of carbonyl (C=O) groups excluding carboxylic acids is 1. The van der Waals surface area contributed by atoms with Crippen LogP contribution in [0.4, 0.5) is 13.2 Å². The Morgan fingerprint density at radius 1 is 1.26 bits per heavy atom. The zero-order valence-corrected chi connectivity index (χ0v) is 10.8. The number of phenols is 1. The lowest BCUT2D eigenvalue weighted by Gasteiger charge is -2.28. The molecule has 0 aliphatic heterocycles. The van der Waals surface area contributed by atoms with Crippen molar-refractivity contribution in [3.8, 4) is 5.75 Å². The summed E-state index contributed by atoms with van der Waals surface area (Å²) >= 11 is 10.9. The van der Waals surface area contributed by atoms with E-state index in [0.29, 0.717) is 19.2 Å². The minimum Gasteiger partial charge on any atom is -0.505 e. The molecule has 1 rings (SSSR count). The molecule has 1 aromatic rings. The van der Waals surface area contributed by atoms with E-state index in [1.807, 2.05) is 0 Å². The number of methoxy groups -OCH3 is 1. The quantitative estimate of drug-likeness (QED) is 0.823. The van der Waals surface area contributed by atoms with Gasteiger partial charge in [-0.1, -0.05) is 23.2 Å². The van der Waals surface area contributed by atoms with Gasteiger partial charge in [0.25, 0.3) is 5.60 Å². The van der Waals surface area contributed by atoms with Crippen LogP contribution in [0.15, 0.2) is 12.1 Å². The lowest BCUT2D eigenvalue weighted by Crippen LogP contribution is -2.49. The van der Waals surface area contributed by atoms with Crippen molar-refractivity contribution in [2.45, 2.75) is 11.8 Å². The summed E-state index contributed by atoms with van der Waals surface area (Å²) < 4.78 is 42.6. The summed E-state index contributed by atoms with van der Waals surface area (Å²) in [7, 11) is 0.683. The summed E-state index contributed by atoms with van der Waals surface area (Å²) in [6.45, 7) is 0. The largest absolute Gasteiger partial charge is 0.505 e. The molecule has 2 N–H and O–H groups in total. The van der Waals surface area contributed by atoms with Gasteiger partial charge in [-0.15, -0.1) is 0 Å². The summed E-state index contributed by atoms with van der Waals surface area (Å²) in [5, 5.41) is 17.8. The van der Waals surface area contributed by atoms with Crippen LogP contribution in [0.2, 0.25) is 10.0 Å². The molecular weight excluding hydrogens is 312 g/mol. The molecule has 9 heteroatoms. The van der Waals surface area contributed by atoms with E-state index in [9.17, 15) is 28.2 Å². The van der Waals surface area contributed by atoms with Crippen molar-refractivity contribution in [2.75, 3.05) is 7.11 Å². The number of esters is 1. The van der Waals surface area contributed by atoms with Gasteiger partial charge in [-0.25, -0.2) is 4.79 Å². The fourth-order valence-corrected chi connectivity index (χ4v) is 1.81. The molecule has 0 aromatic heterocycles. The maximum absolute atomic E-state index is 12.9. The molecule has 0 fully saturated rings. The van der Waals surface area contributed by atoms with Crippen molar-refractivity contribution in [3.63, 3.8) is 0 Å². The van der Waals surface area contributed by atoms with E-state index in [1.165, 1.54) is 0 Å². The lowest BCUT2D eigenvalue weighted by molar-refractivity contribution is -0.266. The summed E-state index contributed by atoms with van der Waals surface area (Å²) in [6, 6.07) is 1.15. The highest BCUT2D eigenvalue weighted by molar-refractivity contribution is 6.37. The number of benzene rings is 1. The number of rotatable bonds is 2. The number of phenolic OH excluding ortho intramolecular Hbond substituents is 1. The molecular formula is C10H7Cl2F3O4. The van der Waals surface area contributed by atoms with Gasteiger partial charge in [-0.2, -0.15) is 13.2 Å². The van der Waals surface area contributed by atoms with Crippen molar-refractivity contribution in [1.82, 2.24) is 0 Å². The number of ether oxygens (including phenoxy) is 1. The van der Waals surface area contributed by atoms with Gasteiger partial charge in [0, 0.05) is 5.56 Å². The van der Waals surface area contributed by atoms with E-state index >= 15 is 0 Å². The van der Waals surface area contributed by atoms with Crippen molar-refractivity contribution < 1.29 is 32.9 Å². The van der Waals surface area contributed by atoms with E-state index in [0.717, 1.165) is 0 Å². The Labute approximate surface area is 115 Å². The Kier molecular flexibility index (Phi) is 4.23. The number of alkyl halides is 3. The van der Waals surface area contributed by atoms with Crippen LogP contribution < -0.4 is 0 Å². The third-order valence-corrected chi connectivity index (χ3v) is 2.90. The Morgan fingerprint density at radius 2 is 1.68 bits per heavy atom. The number of carbonyl (C=O) groups is 1. The maximum atomic E-state index is 12.9. The van der Waals surface area contributed by atoms with E-state index in [2.05, 4.69) is 4.74 Å². The Balaban J connectivity index is 3.56. The van der Waals surface area contributed by atoms with Gasteiger partial charge < -0.3 is 14.9 Å². The van der Waals surface area contributed by atoms with Gasteiger partial charge in [-0.05, 0) is 12.1 Å². The first-order valence-electron chi connectivity index (χ1n) is 4.61. The summed E-state index contributed by atoms with van der Waals surface area (Å²) in [5.41, 5.74) is -4.89. The Morgan fingerprint density at radius 3 is 2.00 bits per heavy atom. The van der Waals surface area contributed by atoms with E-state index in [1.54, 1.807) is 0 Å². The predicted octanol–water partition coefficient (Wildman–Crippen LogP) is 2.62. The number of hydrogen-bond acceptors (Lipinski definition) is 4. The first-order valence-corrected chi connectivity index (χ1v) is 5.37. The van der Waals surface area contributed by atoms with Crippen LogP contribution in [-0.2, 0) is 15.1 Å². The van der Waals surface area contributed by atoms with Crippen LogP contribution in [0.25, 0.3) is 0 Å². The number of aromatic hydroxyl groups is 1. The second kappa shape index (κ2) is 5.07. The van der Waals surface area contributed by atoms with Gasteiger partial charge in [-0.3, -0.25) is 0 Å². The minimum absolute atomic E-state index is 0.547. The zero-order valence-electron chi connectivity index (χ0n) is 9.26. The molecule has 4 nitrogen and oxygen atoms in total. The molecule has 0 bridgehead atoms. The molecule has 0 radical (unpaired) electrons. The third-order valence-electron chi connectivity index (χ3n) is 2.33. The van der Waals surface area contributed by atoms with Crippen LogP contribution in [-0.4, -0.2) is 29.5 Å². The van der Waals surface area contributed by atoms with Crippen molar-refractivity contribution in [1.29, 1.82) is 0 Å². The first-order chi connectivity index (χ1) is 8.55. The molecule has 1 aromatic carbocycles. The predicted molar refractivity (Wildman–Crippen MR) is 60.1 cm³/mol. The maximum Gasteiger partial charge on any atom is 0.432 e. The summed E-state index contributed by atoms with van der Waals surface area (Å²) in [5.74, 6) is -2.61. The molecule has 0 saturated heterocycles. The third kappa shape index (κ3) is 2.58. The second-order valence-electron chi connectivity index (χ2n) is 3.49. The van der Waals surface area contributed by atoms with Crippen molar-refractivity contribution in [3.05, 3.63) is 27.7 Å². The summed E-state index contributed by atoms with van der Waals surface area (Å²) in [6.07, 6.45) is -5.36. The molecule has 0 saturated carbocycles. The van der Waals surface area contributed by atoms with Crippen LogP contribution >= 0.6 is 23.2 Å². The van der Waals surface area contributed by atoms with E-state index in [-0.39, 0.29) is 0 Å². The van der Waals surface area contributed by atoms with Crippen LogP contribution in [0.5, 0.6) is 5.75 Å². The molecule has 0 aliphatic carbocycles. The highest BCUT2D eigenvalue weighted by Crippen LogP contribution is 2.43. The molecule has 0 aliphatic rings. The Hall–Kier alpha value is -1.18. The number of hydrogen-bond donors (Lipinski definition) is 2. The fraction of sp³-hybridized carbons (Fsp3) is 0.300. The van der Waals surface area contributed by atoms with Crippen LogP contribution in [0.3, 0.4) is 0 Å². The SMILES string of the molecule is COC(=O)[C@](O)(c1cc(Cl)c(O)c(Cl)c1)C(F)(F)F. The monoisotopic (exact) mass is 318 g/mol. The Bertz CT molecular complexity index is 495. The van der Waals surface area contributed by atoms with E-state index < -0.39 is 39.1 Å². The molecule has 0 spiro atoms. The van der Waals surface area contributed by atoms with Gasteiger partial charge in [0.05, 0.1) is 17.2 Å². The average Bonchev–Trinajstić information content (AvgIpc) is 2.31. The topological polar surface area (TPSA) is 66.8 Å². The molecule has 0 unspecified atom stereocenters. The van der Waals surface area contributed by atoms with Crippen LogP contribution in [0.1, 0.15) is 5.56 Å². The van der Waals surface area contributed by atoms with Crippen molar-refractivity contribution in [2.24, 2.45) is 0 Å². The molecule has 106 valence electrons. The normalized spacial score (nSPS) is 14.9. The van der Waals surface area contributed by atoms with E-state index in [4.69, 9.17) is 23.2 Å². The fourth-order valence-electron chi connectivity index (χ4n) is 1.32. The van der Waals surface area contributed by atoms with Gasteiger partial charge in [0.2, 0.25) is 0 Å². The average molecular weight is 319 g/mol. The number of aliphatic hydroxyl groups is 1. The van der Waals surface area contributed by atoms with Crippen LogP contribution in [0, 0.1) is 0 Å². The van der Waals surface area contributed by atoms with Gasteiger partial charge in [0.15, 0.2) is 5.75 Å². The lowest BCUT2D eigenvalue weighted by atomic mass is 9.93.